The Kier molecular flexibility index (Phi) is 5.95. The molecule has 1 atom stereocenters. The summed E-state index contributed by atoms with van der Waals surface area (Å²) in [6, 6.07) is 12.7. The Morgan fingerprint density at radius 1 is 1.00 bits per heavy atom. The van der Waals surface area contributed by atoms with E-state index in [1.165, 1.54) is 18.2 Å². The van der Waals surface area contributed by atoms with Gasteiger partial charge in [-0.25, -0.2) is 0 Å². The minimum absolute atomic E-state index is 0.113. The summed E-state index contributed by atoms with van der Waals surface area (Å²) in [4.78, 5) is 12.2. The number of hydrogen-bond acceptors (Lipinski definition) is 4. The molecule has 2 rings (SSSR count). The lowest BCUT2D eigenvalue weighted by Crippen LogP contribution is -2.30. The largest absolute Gasteiger partial charge is 0.497 e. The fraction of sp³-hybridized carbons (Fsp3) is 0.235. The van der Waals surface area contributed by atoms with E-state index in [4.69, 9.17) is 9.47 Å². The molecule has 7 heteroatoms. The van der Waals surface area contributed by atoms with Crippen LogP contribution in [0.5, 0.6) is 17.2 Å². The summed E-state index contributed by atoms with van der Waals surface area (Å²) in [5.41, 5.74) is 0.146. The van der Waals surface area contributed by atoms with E-state index in [-0.39, 0.29) is 11.4 Å². The van der Waals surface area contributed by atoms with Crippen LogP contribution in [0.15, 0.2) is 48.5 Å². The van der Waals surface area contributed by atoms with Crippen molar-refractivity contribution in [3.05, 3.63) is 48.5 Å². The average molecular weight is 337 g/mol. The molecule has 2 aromatic carbocycles. The first kappa shape index (κ1) is 17.5. The molecule has 0 saturated heterocycles. The van der Waals surface area contributed by atoms with Crippen molar-refractivity contribution in [2.24, 2.45) is 0 Å². The molecule has 1 unspecified atom stereocenters. The Labute approximate surface area is 138 Å². The van der Waals surface area contributed by atoms with E-state index in [2.05, 4.69) is 10.1 Å². The van der Waals surface area contributed by atoms with Crippen LogP contribution in [0.4, 0.5) is 14.5 Å². The quantitative estimate of drug-likeness (QED) is 0.837. The highest BCUT2D eigenvalue weighted by Gasteiger charge is 2.17. The maximum atomic E-state index is 12.4. The average Bonchev–Trinajstić information content (AvgIpc) is 2.56. The fourth-order valence-electron chi connectivity index (χ4n) is 1.91. The van der Waals surface area contributed by atoms with Gasteiger partial charge in [0.05, 0.1) is 12.8 Å². The first-order chi connectivity index (χ1) is 11.5. The van der Waals surface area contributed by atoms with Crippen LogP contribution in [0, 0.1) is 0 Å². The first-order valence-corrected chi connectivity index (χ1v) is 7.15. The molecule has 24 heavy (non-hydrogen) atoms. The number of amides is 1. The number of rotatable bonds is 7. The van der Waals surface area contributed by atoms with E-state index in [0.717, 1.165) is 0 Å². The Morgan fingerprint density at radius 3 is 2.25 bits per heavy atom. The number of carbonyl (C=O) groups is 1. The smallest absolute Gasteiger partial charge is 0.387 e. The summed E-state index contributed by atoms with van der Waals surface area (Å²) in [5, 5.41) is 2.51. The summed E-state index contributed by atoms with van der Waals surface area (Å²) in [6.07, 6.45) is -0.835. The molecule has 0 aliphatic carbocycles. The van der Waals surface area contributed by atoms with Gasteiger partial charge in [0.15, 0.2) is 6.10 Å². The number of para-hydroxylation sites is 2. The molecule has 0 aliphatic rings. The monoisotopic (exact) mass is 337 g/mol. The van der Waals surface area contributed by atoms with E-state index in [1.807, 2.05) is 0 Å². The van der Waals surface area contributed by atoms with Gasteiger partial charge < -0.3 is 19.5 Å². The molecule has 0 spiro atoms. The number of anilines is 1. The molecule has 0 aliphatic heterocycles. The van der Waals surface area contributed by atoms with Crippen molar-refractivity contribution in [3.8, 4) is 17.2 Å². The van der Waals surface area contributed by atoms with Crippen LogP contribution in [-0.2, 0) is 4.79 Å². The molecule has 0 bridgehead atoms. The summed E-state index contributed by atoms with van der Waals surface area (Å²) in [5.74, 6) is 0.543. The lowest BCUT2D eigenvalue weighted by Gasteiger charge is -2.16. The van der Waals surface area contributed by atoms with Gasteiger partial charge in [-0.1, -0.05) is 12.1 Å². The molecular formula is C17H17F2NO4. The number of nitrogens with one attached hydrogen (secondary N) is 1. The highest BCUT2D eigenvalue weighted by atomic mass is 19.3. The van der Waals surface area contributed by atoms with Crippen molar-refractivity contribution in [3.63, 3.8) is 0 Å². The Hall–Kier alpha value is -2.83. The van der Waals surface area contributed by atoms with Gasteiger partial charge in [0.25, 0.3) is 5.91 Å². The summed E-state index contributed by atoms with van der Waals surface area (Å²) >= 11 is 0. The second kappa shape index (κ2) is 8.14. The molecule has 0 radical (unpaired) electrons. The first-order valence-electron chi connectivity index (χ1n) is 7.15. The highest BCUT2D eigenvalue weighted by molar-refractivity contribution is 5.95. The number of carbonyl (C=O) groups excluding carboxylic acids is 1. The van der Waals surface area contributed by atoms with Crippen molar-refractivity contribution in [1.29, 1.82) is 0 Å². The number of alkyl halides is 2. The van der Waals surface area contributed by atoms with Crippen molar-refractivity contribution in [2.45, 2.75) is 19.6 Å². The lowest BCUT2D eigenvalue weighted by atomic mass is 10.2. The van der Waals surface area contributed by atoms with E-state index < -0.39 is 18.6 Å². The van der Waals surface area contributed by atoms with Gasteiger partial charge in [-0.15, -0.1) is 0 Å². The molecule has 5 nitrogen and oxygen atoms in total. The molecule has 0 saturated carbocycles. The van der Waals surface area contributed by atoms with E-state index in [0.29, 0.717) is 11.5 Å². The third-order valence-corrected chi connectivity index (χ3v) is 3.10. The SMILES string of the molecule is COc1ccc(OC(C)C(=O)Nc2ccccc2OC(F)F)cc1. The van der Waals surface area contributed by atoms with Crippen LogP contribution in [-0.4, -0.2) is 25.7 Å². The van der Waals surface area contributed by atoms with Crippen molar-refractivity contribution < 1.29 is 27.8 Å². The molecule has 0 aromatic heterocycles. The number of halogens is 2. The van der Waals surface area contributed by atoms with Crippen molar-refractivity contribution >= 4 is 11.6 Å². The van der Waals surface area contributed by atoms with Gasteiger partial charge in [0, 0.05) is 0 Å². The zero-order valence-corrected chi connectivity index (χ0v) is 13.2. The molecule has 1 amide bonds. The minimum atomic E-state index is -2.98. The Bertz CT molecular complexity index is 677. The summed E-state index contributed by atoms with van der Waals surface area (Å²) < 4.78 is 39.7. The minimum Gasteiger partial charge on any atom is -0.497 e. The van der Waals surface area contributed by atoms with Crippen LogP contribution in [0.1, 0.15) is 6.92 Å². The summed E-state index contributed by atoms with van der Waals surface area (Å²) in [6.45, 7) is -1.42. The van der Waals surface area contributed by atoms with Gasteiger partial charge in [0.2, 0.25) is 0 Å². The van der Waals surface area contributed by atoms with Gasteiger partial charge >= 0.3 is 6.61 Å². The van der Waals surface area contributed by atoms with Crippen LogP contribution in [0.2, 0.25) is 0 Å². The molecule has 0 fully saturated rings. The van der Waals surface area contributed by atoms with Gasteiger partial charge in [-0.05, 0) is 43.3 Å². The van der Waals surface area contributed by atoms with Crippen LogP contribution >= 0.6 is 0 Å². The highest BCUT2D eigenvalue weighted by Crippen LogP contribution is 2.26. The zero-order chi connectivity index (χ0) is 17.5. The number of ether oxygens (including phenoxy) is 3. The van der Waals surface area contributed by atoms with Crippen LogP contribution < -0.4 is 19.5 Å². The number of benzene rings is 2. The predicted octanol–water partition coefficient (Wildman–Crippen LogP) is 3.70. The van der Waals surface area contributed by atoms with Crippen LogP contribution in [0.3, 0.4) is 0 Å². The molecule has 2 aromatic rings. The predicted molar refractivity (Wildman–Crippen MR) is 84.8 cm³/mol. The standard InChI is InChI=1S/C17H17F2NO4/c1-11(23-13-9-7-12(22-2)8-10-13)16(21)20-14-5-3-4-6-15(14)24-17(18)19/h3-11,17H,1-2H3,(H,20,21). The third-order valence-electron chi connectivity index (χ3n) is 3.10. The molecule has 128 valence electrons. The topological polar surface area (TPSA) is 56.8 Å². The van der Waals surface area contributed by atoms with E-state index in [9.17, 15) is 13.6 Å². The fourth-order valence-corrected chi connectivity index (χ4v) is 1.91. The third kappa shape index (κ3) is 4.84. The summed E-state index contributed by atoms with van der Waals surface area (Å²) in [7, 11) is 1.55. The number of hydrogen-bond donors (Lipinski definition) is 1. The normalized spacial score (nSPS) is 11.7. The van der Waals surface area contributed by atoms with Crippen LogP contribution in [0.25, 0.3) is 0 Å². The van der Waals surface area contributed by atoms with E-state index >= 15 is 0 Å². The van der Waals surface area contributed by atoms with Gasteiger partial charge in [-0.3, -0.25) is 4.79 Å². The molecular weight excluding hydrogens is 320 g/mol. The van der Waals surface area contributed by atoms with Crippen molar-refractivity contribution in [2.75, 3.05) is 12.4 Å². The lowest BCUT2D eigenvalue weighted by molar-refractivity contribution is -0.122. The second-order valence-corrected chi connectivity index (χ2v) is 4.80. The molecule has 1 N–H and O–H groups in total. The number of methoxy groups -OCH3 is 1. The van der Waals surface area contributed by atoms with Gasteiger partial charge in [0.1, 0.15) is 17.2 Å². The van der Waals surface area contributed by atoms with Crippen molar-refractivity contribution in [1.82, 2.24) is 0 Å². The Balaban J connectivity index is 2.01. The maximum Gasteiger partial charge on any atom is 0.387 e. The van der Waals surface area contributed by atoms with Gasteiger partial charge in [-0.2, -0.15) is 8.78 Å². The second-order valence-electron chi connectivity index (χ2n) is 4.80. The maximum absolute atomic E-state index is 12.4. The Morgan fingerprint density at radius 2 is 1.62 bits per heavy atom. The molecule has 0 heterocycles. The zero-order valence-electron chi connectivity index (χ0n) is 13.2. The van der Waals surface area contributed by atoms with E-state index in [1.54, 1.807) is 44.4 Å².